The van der Waals surface area contributed by atoms with Crippen LogP contribution in [0.4, 0.5) is 0 Å². The highest BCUT2D eigenvalue weighted by Crippen LogP contribution is 2.23. The lowest BCUT2D eigenvalue weighted by Crippen LogP contribution is -2.33. The molecule has 0 aromatic carbocycles. The van der Waals surface area contributed by atoms with E-state index in [0.29, 0.717) is 0 Å². The van der Waals surface area contributed by atoms with Crippen LogP contribution in [0.25, 0.3) is 0 Å². The van der Waals surface area contributed by atoms with Gasteiger partial charge in [-0.25, -0.2) is 4.98 Å². The van der Waals surface area contributed by atoms with E-state index in [-0.39, 0.29) is 6.04 Å². The van der Waals surface area contributed by atoms with Crippen molar-refractivity contribution in [2.24, 2.45) is 7.05 Å². The van der Waals surface area contributed by atoms with Crippen LogP contribution in [0.3, 0.4) is 0 Å². The lowest BCUT2D eigenvalue weighted by Gasteiger charge is -2.29. The summed E-state index contributed by atoms with van der Waals surface area (Å²) in [7, 11) is 1.97. The smallest absolute Gasteiger partial charge is 0.142 e. The van der Waals surface area contributed by atoms with E-state index in [9.17, 15) is 5.26 Å². The second-order valence-corrected chi connectivity index (χ2v) is 4.45. The number of imidazole rings is 1. The lowest BCUT2D eigenvalue weighted by molar-refractivity contribution is 0.193. The predicted molar refractivity (Wildman–Crippen MR) is 61.7 cm³/mol. The predicted octanol–water partition coefficient (Wildman–Crippen LogP) is 1.78. The average Bonchev–Trinajstić information content (AvgIpc) is 2.61. The van der Waals surface area contributed by atoms with Crippen molar-refractivity contribution in [2.75, 3.05) is 13.1 Å². The minimum atomic E-state index is -0.166. The van der Waals surface area contributed by atoms with E-state index in [0.717, 1.165) is 24.6 Å². The highest BCUT2D eigenvalue weighted by molar-refractivity contribution is 5.15. The summed E-state index contributed by atoms with van der Waals surface area (Å²) in [6.07, 6.45) is 5.65. The second kappa shape index (κ2) is 4.67. The molecule has 1 saturated heterocycles. The normalized spacial score (nSPS) is 19.3. The standard InChI is InChI=1S/C12H18N4/c1-10-14-11(9-15(10)2)12(8-13)16-6-4-3-5-7-16/h9,12H,3-7H2,1-2H3. The quantitative estimate of drug-likeness (QED) is 0.760. The Morgan fingerprint density at radius 1 is 1.38 bits per heavy atom. The largest absolute Gasteiger partial charge is 0.338 e. The van der Waals surface area contributed by atoms with Crippen LogP contribution in [-0.2, 0) is 7.05 Å². The first-order chi connectivity index (χ1) is 7.72. The summed E-state index contributed by atoms with van der Waals surface area (Å²) in [5.74, 6) is 0.965. The van der Waals surface area contributed by atoms with Gasteiger partial charge in [0.25, 0.3) is 0 Å². The van der Waals surface area contributed by atoms with Gasteiger partial charge in [-0.05, 0) is 32.9 Å². The van der Waals surface area contributed by atoms with Crippen LogP contribution >= 0.6 is 0 Å². The third kappa shape index (κ3) is 2.10. The van der Waals surface area contributed by atoms with Gasteiger partial charge in [0.1, 0.15) is 11.9 Å². The molecule has 1 fully saturated rings. The van der Waals surface area contributed by atoms with Crippen LogP contribution in [0.5, 0.6) is 0 Å². The van der Waals surface area contributed by atoms with E-state index in [4.69, 9.17) is 0 Å². The van der Waals surface area contributed by atoms with Gasteiger partial charge in [0.15, 0.2) is 0 Å². The fraction of sp³-hybridized carbons (Fsp3) is 0.667. The summed E-state index contributed by atoms with van der Waals surface area (Å²) in [6, 6.07) is 2.21. The molecule has 0 amide bonds. The monoisotopic (exact) mass is 218 g/mol. The van der Waals surface area contributed by atoms with Crippen molar-refractivity contribution in [1.82, 2.24) is 14.5 Å². The van der Waals surface area contributed by atoms with E-state index in [1.54, 1.807) is 0 Å². The van der Waals surface area contributed by atoms with Gasteiger partial charge in [0.2, 0.25) is 0 Å². The molecule has 0 radical (unpaired) electrons. The van der Waals surface area contributed by atoms with Crippen LogP contribution in [0.15, 0.2) is 6.20 Å². The molecule has 1 aromatic heterocycles. The minimum absolute atomic E-state index is 0.166. The fourth-order valence-corrected chi connectivity index (χ4v) is 2.23. The van der Waals surface area contributed by atoms with E-state index >= 15 is 0 Å². The van der Waals surface area contributed by atoms with Gasteiger partial charge >= 0.3 is 0 Å². The highest BCUT2D eigenvalue weighted by Gasteiger charge is 2.24. The van der Waals surface area contributed by atoms with Crippen molar-refractivity contribution in [3.63, 3.8) is 0 Å². The van der Waals surface area contributed by atoms with Crippen molar-refractivity contribution in [3.8, 4) is 6.07 Å². The first-order valence-corrected chi connectivity index (χ1v) is 5.86. The van der Waals surface area contributed by atoms with Crippen LogP contribution in [0.2, 0.25) is 0 Å². The number of likely N-dealkylation sites (tertiary alicyclic amines) is 1. The van der Waals surface area contributed by atoms with E-state index in [1.807, 2.05) is 24.7 Å². The SMILES string of the molecule is Cc1nc(C(C#N)N2CCCCC2)cn1C. The maximum atomic E-state index is 9.29. The molecular weight excluding hydrogens is 200 g/mol. The van der Waals surface area contributed by atoms with Crippen molar-refractivity contribution >= 4 is 0 Å². The molecule has 4 nitrogen and oxygen atoms in total. The second-order valence-electron chi connectivity index (χ2n) is 4.45. The van der Waals surface area contributed by atoms with Gasteiger partial charge in [-0.2, -0.15) is 5.26 Å². The molecule has 16 heavy (non-hydrogen) atoms. The Bertz CT molecular complexity index is 376. The third-order valence-electron chi connectivity index (χ3n) is 3.29. The van der Waals surface area contributed by atoms with Crippen LogP contribution in [-0.4, -0.2) is 27.5 Å². The molecule has 2 rings (SSSR count). The van der Waals surface area contributed by atoms with Gasteiger partial charge in [0, 0.05) is 13.2 Å². The van der Waals surface area contributed by atoms with Gasteiger partial charge in [-0.3, -0.25) is 4.90 Å². The maximum absolute atomic E-state index is 9.29. The number of hydrogen-bond donors (Lipinski definition) is 0. The zero-order valence-electron chi connectivity index (χ0n) is 9.98. The number of piperidine rings is 1. The molecule has 0 saturated carbocycles. The van der Waals surface area contributed by atoms with Crippen LogP contribution in [0, 0.1) is 18.3 Å². The number of rotatable bonds is 2. The summed E-state index contributed by atoms with van der Waals surface area (Å²) in [6.45, 7) is 4.01. The number of hydrogen-bond acceptors (Lipinski definition) is 3. The molecule has 1 unspecified atom stereocenters. The zero-order valence-corrected chi connectivity index (χ0v) is 9.98. The van der Waals surface area contributed by atoms with Crippen molar-refractivity contribution in [2.45, 2.75) is 32.2 Å². The molecule has 4 heteroatoms. The summed E-state index contributed by atoms with van der Waals surface area (Å²) < 4.78 is 1.98. The Labute approximate surface area is 96.5 Å². The summed E-state index contributed by atoms with van der Waals surface area (Å²) in [5.41, 5.74) is 0.893. The Balaban J connectivity index is 2.18. The molecule has 0 aliphatic carbocycles. The molecule has 1 atom stereocenters. The van der Waals surface area contributed by atoms with Gasteiger partial charge in [-0.1, -0.05) is 6.42 Å². The lowest BCUT2D eigenvalue weighted by atomic mass is 10.1. The first-order valence-electron chi connectivity index (χ1n) is 5.86. The van der Waals surface area contributed by atoms with Gasteiger partial charge in [-0.15, -0.1) is 0 Å². The summed E-state index contributed by atoms with van der Waals surface area (Å²) >= 11 is 0. The molecule has 0 N–H and O–H groups in total. The van der Waals surface area contributed by atoms with E-state index in [1.165, 1.54) is 19.3 Å². The van der Waals surface area contributed by atoms with Gasteiger partial charge < -0.3 is 4.57 Å². The molecule has 86 valence electrons. The molecule has 1 aliphatic rings. The van der Waals surface area contributed by atoms with Crippen LogP contribution in [0.1, 0.15) is 36.8 Å². The Hall–Kier alpha value is -1.34. The number of nitriles is 1. The molecule has 2 heterocycles. The van der Waals surface area contributed by atoms with E-state index in [2.05, 4.69) is 16.0 Å². The van der Waals surface area contributed by atoms with Crippen molar-refractivity contribution in [3.05, 3.63) is 17.7 Å². The van der Waals surface area contributed by atoms with Crippen molar-refractivity contribution in [1.29, 1.82) is 5.26 Å². The molecule has 1 aromatic rings. The van der Waals surface area contributed by atoms with Crippen molar-refractivity contribution < 1.29 is 0 Å². The Kier molecular flexibility index (Phi) is 3.25. The molecule has 0 bridgehead atoms. The molecule has 0 spiro atoms. The topological polar surface area (TPSA) is 44.9 Å². The number of aromatic nitrogens is 2. The maximum Gasteiger partial charge on any atom is 0.142 e. The number of nitrogens with zero attached hydrogens (tertiary/aromatic N) is 4. The highest BCUT2D eigenvalue weighted by atomic mass is 15.2. The fourth-order valence-electron chi connectivity index (χ4n) is 2.23. The Morgan fingerprint density at radius 2 is 2.06 bits per heavy atom. The molecular formula is C12H18N4. The van der Waals surface area contributed by atoms with Crippen LogP contribution < -0.4 is 0 Å². The Morgan fingerprint density at radius 3 is 2.56 bits per heavy atom. The summed E-state index contributed by atoms with van der Waals surface area (Å²) in [5, 5.41) is 9.29. The first kappa shape index (κ1) is 11.2. The van der Waals surface area contributed by atoms with E-state index < -0.39 is 0 Å². The minimum Gasteiger partial charge on any atom is -0.338 e. The summed E-state index contributed by atoms with van der Waals surface area (Å²) in [4.78, 5) is 6.70. The van der Waals surface area contributed by atoms with Gasteiger partial charge in [0.05, 0.1) is 11.8 Å². The average molecular weight is 218 g/mol. The zero-order chi connectivity index (χ0) is 11.5. The molecule has 1 aliphatic heterocycles. The third-order valence-corrected chi connectivity index (χ3v) is 3.29. The number of aryl methyl sites for hydroxylation is 2.